The standard InChI is InChI=1S/C21H20BrNO3/c1-13(2)11-17(24)18-19(14-7-4-3-5-8-14)23(21(26)20(18)25)16-10-6-9-15(22)12-16/h3-10,12-13,19,25H,11H2,1-2H3. The lowest BCUT2D eigenvalue weighted by molar-refractivity contribution is -0.118. The number of Topliss-reactive ketones (excluding diaryl/α,β-unsaturated/α-hetero) is 1. The molecule has 0 radical (unpaired) electrons. The van der Waals surface area contributed by atoms with E-state index in [1.807, 2.05) is 56.3 Å². The number of rotatable bonds is 5. The van der Waals surface area contributed by atoms with Gasteiger partial charge >= 0.3 is 0 Å². The number of halogens is 1. The Morgan fingerprint density at radius 2 is 1.85 bits per heavy atom. The molecule has 1 heterocycles. The number of amides is 1. The number of ketones is 1. The Kier molecular flexibility index (Phi) is 5.28. The molecule has 2 aromatic rings. The number of anilines is 1. The summed E-state index contributed by atoms with van der Waals surface area (Å²) in [6.45, 7) is 3.88. The van der Waals surface area contributed by atoms with Gasteiger partial charge in [0.25, 0.3) is 5.91 Å². The highest BCUT2D eigenvalue weighted by molar-refractivity contribution is 9.10. The predicted molar refractivity (Wildman–Crippen MR) is 105 cm³/mol. The normalized spacial score (nSPS) is 17.3. The van der Waals surface area contributed by atoms with E-state index < -0.39 is 17.7 Å². The van der Waals surface area contributed by atoms with Gasteiger partial charge in [0.15, 0.2) is 11.5 Å². The van der Waals surface area contributed by atoms with Gasteiger partial charge in [0, 0.05) is 16.6 Å². The average molecular weight is 414 g/mol. The Balaban J connectivity index is 2.14. The molecule has 0 aliphatic carbocycles. The van der Waals surface area contributed by atoms with E-state index in [9.17, 15) is 14.7 Å². The van der Waals surface area contributed by atoms with Crippen molar-refractivity contribution in [1.29, 1.82) is 0 Å². The summed E-state index contributed by atoms with van der Waals surface area (Å²) >= 11 is 3.42. The van der Waals surface area contributed by atoms with Crippen LogP contribution >= 0.6 is 15.9 Å². The Morgan fingerprint density at radius 3 is 2.46 bits per heavy atom. The predicted octanol–water partition coefficient (Wildman–Crippen LogP) is 4.96. The third-order valence-corrected chi connectivity index (χ3v) is 4.80. The van der Waals surface area contributed by atoms with E-state index in [1.165, 1.54) is 4.90 Å². The van der Waals surface area contributed by atoms with Crippen LogP contribution in [-0.2, 0) is 9.59 Å². The van der Waals surface area contributed by atoms with Crippen molar-refractivity contribution in [2.45, 2.75) is 26.3 Å². The van der Waals surface area contributed by atoms with Crippen molar-refractivity contribution >= 4 is 33.3 Å². The lowest BCUT2D eigenvalue weighted by atomic mass is 9.92. The molecule has 0 spiro atoms. The van der Waals surface area contributed by atoms with Gasteiger partial charge in [-0.3, -0.25) is 14.5 Å². The van der Waals surface area contributed by atoms with Gasteiger partial charge in [-0.1, -0.05) is 66.2 Å². The first-order valence-corrected chi connectivity index (χ1v) is 9.30. The molecule has 0 fully saturated rings. The highest BCUT2D eigenvalue weighted by Crippen LogP contribution is 2.42. The Bertz CT molecular complexity index is 874. The minimum absolute atomic E-state index is 0.134. The summed E-state index contributed by atoms with van der Waals surface area (Å²) in [6, 6.07) is 16.0. The molecular weight excluding hydrogens is 394 g/mol. The number of benzene rings is 2. The number of aliphatic hydroxyl groups excluding tert-OH is 1. The Labute approximate surface area is 161 Å². The third kappa shape index (κ3) is 3.44. The number of hydrogen-bond donors (Lipinski definition) is 1. The minimum Gasteiger partial charge on any atom is -0.503 e. The zero-order valence-electron chi connectivity index (χ0n) is 14.6. The number of hydrogen-bond acceptors (Lipinski definition) is 3. The van der Waals surface area contributed by atoms with Gasteiger partial charge in [0.1, 0.15) is 0 Å². The molecule has 2 aromatic carbocycles. The fourth-order valence-corrected chi connectivity index (χ4v) is 3.60. The van der Waals surface area contributed by atoms with Crippen LogP contribution in [0.4, 0.5) is 5.69 Å². The molecule has 0 saturated heterocycles. The highest BCUT2D eigenvalue weighted by Gasteiger charge is 2.44. The van der Waals surface area contributed by atoms with Crippen molar-refractivity contribution in [2.24, 2.45) is 5.92 Å². The topological polar surface area (TPSA) is 57.6 Å². The van der Waals surface area contributed by atoms with Gasteiger partial charge in [-0.15, -0.1) is 0 Å². The van der Waals surface area contributed by atoms with Crippen molar-refractivity contribution in [2.75, 3.05) is 4.90 Å². The molecule has 3 rings (SSSR count). The quantitative estimate of drug-likeness (QED) is 0.752. The number of nitrogens with zero attached hydrogens (tertiary/aromatic N) is 1. The van der Waals surface area contributed by atoms with Gasteiger partial charge in [-0.25, -0.2) is 0 Å². The number of carbonyl (C=O) groups is 2. The summed E-state index contributed by atoms with van der Waals surface area (Å²) in [5.41, 5.74) is 1.59. The SMILES string of the molecule is CC(C)CC(=O)C1=C(O)C(=O)N(c2cccc(Br)c2)C1c1ccccc1. The molecule has 1 aliphatic rings. The van der Waals surface area contributed by atoms with Crippen LogP contribution in [0.5, 0.6) is 0 Å². The van der Waals surface area contributed by atoms with Gasteiger partial charge in [-0.2, -0.15) is 0 Å². The van der Waals surface area contributed by atoms with Crippen LogP contribution in [-0.4, -0.2) is 16.8 Å². The summed E-state index contributed by atoms with van der Waals surface area (Å²) in [6.07, 6.45) is 0.280. The van der Waals surface area contributed by atoms with Crippen molar-refractivity contribution < 1.29 is 14.7 Å². The first-order chi connectivity index (χ1) is 12.4. The average Bonchev–Trinajstić information content (AvgIpc) is 2.87. The maximum Gasteiger partial charge on any atom is 0.294 e. The molecule has 0 aromatic heterocycles. The molecule has 0 bridgehead atoms. The van der Waals surface area contributed by atoms with E-state index in [2.05, 4.69) is 15.9 Å². The first-order valence-electron chi connectivity index (χ1n) is 8.50. The van der Waals surface area contributed by atoms with Crippen LogP contribution in [0.1, 0.15) is 31.9 Å². The summed E-state index contributed by atoms with van der Waals surface area (Å²) in [7, 11) is 0. The van der Waals surface area contributed by atoms with Gasteiger partial charge in [0.05, 0.1) is 11.6 Å². The smallest absolute Gasteiger partial charge is 0.294 e. The van der Waals surface area contributed by atoms with E-state index in [0.717, 1.165) is 10.0 Å². The molecule has 0 saturated carbocycles. The lowest BCUT2D eigenvalue weighted by Gasteiger charge is -2.27. The zero-order chi connectivity index (χ0) is 18.8. The van der Waals surface area contributed by atoms with Crippen LogP contribution in [0.2, 0.25) is 0 Å². The second-order valence-corrected chi connectivity index (χ2v) is 7.67. The van der Waals surface area contributed by atoms with Crippen molar-refractivity contribution in [1.82, 2.24) is 0 Å². The zero-order valence-corrected chi connectivity index (χ0v) is 16.2. The van der Waals surface area contributed by atoms with Crippen LogP contribution in [0.25, 0.3) is 0 Å². The lowest BCUT2D eigenvalue weighted by Crippen LogP contribution is -2.31. The number of carbonyl (C=O) groups excluding carboxylic acids is 2. The van der Waals surface area contributed by atoms with E-state index in [1.54, 1.807) is 12.1 Å². The summed E-state index contributed by atoms with van der Waals surface area (Å²) in [5.74, 6) is -1.07. The Hall–Kier alpha value is -2.40. The largest absolute Gasteiger partial charge is 0.503 e. The second-order valence-electron chi connectivity index (χ2n) is 6.75. The molecule has 4 nitrogen and oxygen atoms in total. The van der Waals surface area contributed by atoms with E-state index in [0.29, 0.717) is 5.69 Å². The van der Waals surface area contributed by atoms with E-state index >= 15 is 0 Å². The maximum atomic E-state index is 12.9. The summed E-state index contributed by atoms with van der Waals surface area (Å²) in [4.78, 5) is 27.2. The molecule has 1 aliphatic heterocycles. The van der Waals surface area contributed by atoms with Crippen LogP contribution in [0.15, 0.2) is 70.4 Å². The monoisotopic (exact) mass is 413 g/mol. The van der Waals surface area contributed by atoms with Crippen molar-refractivity contribution in [3.05, 3.63) is 76.0 Å². The molecule has 1 unspecified atom stereocenters. The second kappa shape index (κ2) is 7.46. The number of aliphatic hydroxyl groups is 1. The van der Waals surface area contributed by atoms with Crippen molar-refractivity contribution in [3.63, 3.8) is 0 Å². The van der Waals surface area contributed by atoms with Crippen molar-refractivity contribution in [3.8, 4) is 0 Å². The molecule has 1 amide bonds. The highest BCUT2D eigenvalue weighted by atomic mass is 79.9. The Morgan fingerprint density at radius 1 is 1.15 bits per heavy atom. The molecular formula is C21H20BrNO3. The molecule has 1 atom stereocenters. The molecule has 134 valence electrons. The summed E-state index contributed by atoms with van der Waals surface area (Å²) in [5, 5.41) is 10.5. The van der Waals surface area contributed by atoms with Gasteiger partial charge < -0.3 is 5.11 Å². The first kappa shape index (κ1) is 18.4. The van der Waals surface area contributed by atoms with E-state index in [4.69, 9.17) is 0 Å². The molecule has 26 heavy (non-hydrogen) atoms. The van der Waals surface area contributed by atoms with Crippen LogP contribution in [0.3, 0.4) is 0 Å². The molecule has 5 heteroatoms. The van der Waals surface area contributed by atoms with Crippen LogP contribution in [0, 0.1) is 5.92 Å². The van der Waals surface area contributed by atoms with Gasteiger partial charge in [-0.05, 0) is 29.7 Å². The van der Waals surface area contributed by atoms with Gasteiger partial charge in [0.2, 0.25) is 0 Å². The fraction of sp³-hybridized carbons (Fsp3) is 0.238. The maximum absolute atomic E-state index is 12.9. The van der Waals surface area contributed by atoms with Crippen LogP contribution < -0.4 is 4.90 Å². The summed E-state index contributed by atoms with van der Waals surface area (Å²) < 4.78 is 0.816. The van der Waals surface area contributed by atoms with E-state index in [-0.39, 0.29) is 23.7 Å². The molecule has 1 N–H and O–H groups in total. The minimum atomic E-state index is -0.635. The third-order valence-electron chi connectivity index (χ3n) is 4.30. The fourth-order valence-electron chi connectivity index (χ4n) is 3.21.